The first-order valence-electron chi connectivity index (χ1n) is 4.72. The maximum absolute atomic E-state index is 10.8. The topological polar surface area (TPSA) is 72.9 Å². The molecule has 76 valence electrons. The highest BCUT2D eigenvalue weighted by molar-refractivity contribution is 5.73. The van der Waals surface area contributed by atoms with Gasteiger partial charge in [0.25, 0.3) is 0 Å². The van der Waals surface area contributed by atoms with Gasteiger partial charge in [-0.25, -0.2) is 0 Å². The third kappa shape index (κ3) is 1.50. The maximum Gasteiger partial charge on any atom is 0.239 e. The van der Waals surface area contributed by atoms with Crippen LogP contribution < -0.4 is 11.1 Å². The minimum Gasteiger partial charge on any atom is -0.368 e. The first-order valence-corrected chi connectivity index (χ1v) is 4.72. The van der Waals surface area contributed by atoms with Crippen LogP contribution >= 0.6 is 0 Å². The van der Waals surface area contributed by atoms with E-state index in [1.54, 1.807) is 4.68 Å². The van der Waals surface area contributed by atoms with E-state index in [1.807, 2.05) is 6.92 Å². The standard InChI is InChI=1S/C9H14N4O/c1-6-7-4-11-3-2-8(7)13(12-6)5-9(10)14/h11H,2-5H2,1H3,(H2,10,14). The molecule has 2 heterocycles. The van der Waals surface area contributed by atoms with Gasteiger partial charge in [0.05, 0.1) is 5.69 Å². The molecule has 1 aliphatic heterocycles. The summed E-state index contributed by atoms with van der Waals surface area (Å²) in [5, 5.41) is 7.59. The lowest BCUT2D eigenvalue weighted by Gasteiger charge is -2.14. The number of nitrogens with two attached hydrogens (primary N) is 1. The van der Waals surface area contributed by atoms with Crippen LogP contribution in [0.5, 0.6) is 0 Å². The Morgan fingerprint density at radius 2 is 2.50 bits per heavy atom. The van der Waals surface area contributed by atoms with Crippen LogP contribution in [0.1, 0.15) is 17.0 Å². The third-order valence-corrected chi connectivity index (χ3v) is 2.51. The van der Waals surface area contributed by atoms with E-state index in [1.165, 1.54) is 5.56 Å². The first kappa shape index (κ1) is 9.21. The fraction of sp³-hybridized carbons (Fsp3) is 0.556. The van der Waals surface area contributed by atoms with Gasteiger partial charge in [-0.2, -0.15) is 5.10 Å². The third-order valence-electron chi connectivity index (χ3n) is 2.51. The molecule has 5 heteroatoms. The second-order valence-electron chi connectivity index (χ2n) is 3.56. The monoisotopic (exact) mass is 194 g/mol. The summed E-state index contributed by atoms with van der Waals surface area (Å²) in [6, 6.07) is 0. The number of nitrogens with zero attached hydrogens (tertiary/aromatic N) is 2. The van der Waals surface area contributed by atoms with Crippen molar-refractivity contribution in [3.63, 3.8) is 0 Å². The molecule has 1 aliphatic rings. The van der Waals surface area contributed by atoms with E-state index in [-0.39, 0.29) is 12.5 Å². The van der Waals surface area contributed by atoms with Crippen molar-refractivity contribution in [1.29, 1.82) is 0 Å². The summed E-state index contributed by atoms with van der Waals surface area (Å²) in [6.45, 7) is 3.94. The van der Waals surface area contributed by atoms with Crippen LogP contribution in [0.3, 0.4) is 0 Å². The molecule has 3 N–H and O–H groups in total. The normalized spacial score (nSPS) is 15.2. The second-order valence-corrected chi connectivity index (χ2v) is 3.56. The number of nitrogens with one attached hydrogen (secondary N) is 1. The minimum atomic E-state index is -0.339. The number of carbonyl (C=O) groups excluding carboxylic acids is 1. The molecule has 1 amide bonds. The van der Waals surface area contributed by atoms with Gasteiger partial charge in [-0.1, -0.05) is 0 Å². The molecule has 0 bridgehead atoms. The molecule has 0 radical (unpaired) electrons. The lowest BCUT2D eigenvalue weighted by Crippen LogP contribution is -2.27. The minimum absolute atomic E-state index is 0.191. The van der Waals surface area contributed by atoms with E-state index in [0.717, 1.165) is 30.9 Å². The Bertz CT molecular complexity index is 369. The molecule has 0 saturated heterocycles. The van der Waals surface area contributed by atoms with Gasteiger partial charge < -0.3 is 11.1 Å². The van der Waals surface area contributed by atoms with Gasteiger partial charge in [0, 0.05) is 30.8 Å². The van der Waals surface area contributed by atoms with Crippen LogP contribution in [0.25, 0.3) is 0 Å². The largest absolute Gasteiger partial charge is 0.368 e. The quantitative estimate of drug-likeness (QED) is 0.655. The Hall–Kier alpha value is -1.36. The predicted molar refractivity (Wildman–Crippen MR) is 51.6 cm³/mol. The van der Waals surface area contributed by atoms with Gasteiger partial charge >= 0.3 is 0 Å². The maximum atomic E-state index is 10.8. The Morgan fingerprint density at radius 3 is 3.21 bits per heavy atom. The number of amides is 1. The fourth-order valence-corrected chi connectivity index (χ4v) is 1.87. The van der Waals surface area contributed by atoms with Crippen LogP contribution in [0.15, 0.2) is 0 Å². The van der Waals surface area contributed by atoms with Crippen molar-refractivity contribution in [2.75, 3.05) is 6.54 Å². The molecule has 0 spiro atoms. The van der Waals surface area contributed by atoms with Gasteiger partial charge in [0.2, 0.25) is 5.91 Å². The van der Waals surface area contributed by atoms with E-state index in [0.29, 0.717) is 0 Å². The van der Waals surface area contributed by atoms with E-state index in [9.17, 15) is 4.79 Å². The highest BCUT2D eigenvalue weighted by Crippen LogP contribution is 2.17. The Labute approximate surface area is 82.3 Å². The van der Waals surface area contributed by atoms with Crippen LogP contribution in [0.2, 0.25) is 0 Å². The molecule has 5 nitrogen and oxygen atoms in total. The molecule has 2 rings (SSSR count). The lowest BCUT2D eigenvalue weighted by molar-refractivity contribution is -0.118. The average Bonchev–Trinajstić information content (AvgIpc) is 2.44. The van der Waals surface area contributed by atoms with Crippen LogP contribution in [0, 0.1) is 6.92 Å². The number of hydrogen-bond acceptors (Lipinski definition) is 3. The highest BCUT2D eigenvalue weighted by atomic mass is 16.1. The van der Waals surface area contributed by atoms with Crippen LogP contribution in [-0.4, -0.2) is 22.2 Å². The van der Waals surface area contributed by atoms with Gasteiger partial charge in [-0.3, -0.25) is 9.48 Å². The van der Waals surface area contributed by atoms with Gasteiger partial charge in [-0.15, -0.1) is 0 Å². The molecule has 1 aromatic heterocycles. The average molecular weight is 194 g/mol. The zero-order valence-corrected chi connectivity index (χ0v) is 8.21. The van der Waals surface area contributed by atoms with Crippen molar-refractivity contribution in [2.45, 2.75) is 26.4 Å². The molecule has 1 aromatic rings. The van der Waals surface area contributed by atoms with E-state index in [2.05, 4.69) is 10.4 Å². The molecule has 14 heavy (non-hydrogen) atoms. The summed E-state index contributed by atoms with van der Waals surface area (Å²) in [5.74, 6) is -0.339. The second kappa shape index (κ2) is 3.42. The number of primary amides is 1. The molecule has 0 saturated carbocycles. The fourth-order valence-electron chi connectivity index (χ4n) is 1.87. The van der Waals surface area contributed by atoms with E-state index in [4.69, 9.17) is 5.73 Å². The molecule has 0 aliphatic carbocycles. The Kier molecular flexibility index (Phi) is 2.25. The number of rotatable bonds is 2. The number of aryl methyl sites for hydroxylation is 1. The summed E-state index contributed by atoms with van der Waals surface area (Å²) in [5.41, 5.74) is 8.52. The zero-order chi connectivity index (χ0) is 10.1. The molecular formula is C9H14N4O. The smallest absolute Gasteiger partial charge is 0.239 e. The zero-order valence-electron chi connectivity index (χ0n) is 8.21. The van der Waals surface area contributed by atoms with Crippen molar-refractivity contribution < 1.29 is 4.79 Å². The van der Waals surface area contributed by atoms with Crippen molar-refractivity contribution in [3.8, 4) is 0 Å². The Balaban J connectivity index is 2.36. The number of aromatic nitrogens is 2. The highest BCUT2D eigenvalue weighted by Gasteiger charge is 2.18. The van der Waals surface area contributed by atoms with Gasteiger partial charge in [0.1, 0.15) is 6.54 Å². The van der Waals surface area contributed by atoms with Crippen molar-refractivity contribution in [3.05, 3.63) is 17.0 Å². The molecule has 0 aromatic carbocycles. The summed E-state index contributed by atoms with van der Waals surface area (Å²) < 4.78 is 1.73. The summed E-state index contributed by atoms with van der Waals surface area (Å²) in [6.07, 6.45) is 0.920. The van der Waals surface area contributed by atoms with Gasteiger partial charge in [0.15, 0.2) is 0 Å². The predicted octanol–water partition coefficient (Wildman–Crippen LogP) is -0.677. The molecule has 0 unspecified atom stereocenters. The summed E-state index contributed by atoms with van der Waals surface area (Å²) in [4.78, 5) is 10.8. The molecule has 0 atom stereocenters. The van der Waals surface area contributed by atoms with Crippen molar-refractivity contribution in [1.82, 2.24) is 15.1 Å². The van der Waals surface area contributed by atoms with E-state index < -0.39 is 0 Å². The van der Waals surface area contributed by atoms with E-state index >= 15 is 0 Å². The van der Waals surface area contributed by atoms with Crippen molar-refractivity contribution >= 4 is 5.91 Å². The molecule has 0 fully saturated rings. The number of hydrogen-bond donors (Lipinski definition) is 2. The number of fused-ring (bicyclic) bond motifs is 1. The molecular weight excluding hydrogens is 180 g/mol. The first-order chi connectivity index (χ1) is 6.68. The van der Waals surface area contributed by atoms with Crippen LogP contribution in [0.4, 0.5) is 0 Å². The van der Waals surface area contributed by atoms with Crippen molar-refractivity contribution in [2.24, 2.45) is 5.73 Å². The number of carbonyl (C=O) groups is 1. The van der Waals surface area contributed by atoms with Gasteiger partial charge in [-0.05, 0) is 6.92 Å². The lowest BCUT2D eigenvalue weighted by atomic mass is 10.1. The van der Waals surface area contributed by atoms with Crippen LogP contribution in [-0.2, 0) is 24.3 Å². The SMILES string of the molecule is Cc1nn(CC(N)=O)c2c1CNCC2. The summed E-state index contributed by atoms with van der Waals surface area (Å²) in [7, 11) is 0. The summed E-state index contributed by atoms with van der Waals surface area (Å²) >= 11 is 0. The Morgan fingerprint density at radius 1 is 1.71 bits per heavy atom.